The van der Waals surface area contributed by atoms with Gasteiger partial charge in [-0.1, -0.05) is 18.5 Å². The van der Waals surface area contributed by atoms with Gasteiger partial charge in [0.2, 0.25) is 0 Å². The van der Waals surface area contributed by atoms with Crippen LogP contribution in [0.25, 0.3) is 10.9 Å². The molecule has 0 spiro atoms. The van der Waals surface area contributed by atoms with Crippen molar-refractivity contribution in [1.82, 2.24) is 19.1 Å². The highest BCUT2D eigenvalue weighted by Crippen LogP contribution is 2.38. The molecule has 2 aromatic carbocycles. The van der Waals surface area contributed by atoms with Crippen molar-refractivity contribution in [3.05, 3.63) is 47.1 Å². The number of ether oxygens (including phenoxy) is 2. The summed E-state index contributed by atoms with van der Waals surface area (Å²) in [6, 6.07) is 11.8. The summed E-state index contributed by atoms with van der Waals surface area (Å²) in [7, 11) is 0.893. The molecule has 0 radical (unpaired) electrons. The number of hydrogen-bond acceptors (Lipinski definition) is 10. The molecule has 9 nitrogen and oxygen atoms in total. The molecule has 12 heteroatoms. The number of likely N-dealkylation sites (N-methyl/N-ethyl adjacent to an activating group) is 1. The van der Waals surface area contributed by atoms with Crippen LogP contribution in [-0.4, -0.2) is 101 Å². The Kier molecular flexibility index (Phi) is 10.8. The van der Waals surface area contributed by atoms with E-state index in [9.17, 15) is 9.47 Å². The zero-order valence-electron chi connectivity index (χ0n) is 24.1. The van der Waals surface area contributed by atoms with Gasteiger partial charge in [0.15, 0.2) is 11.5 Å². The van der Waals surface area contributed by atoms with E-state index in [-0.39, 0.29) is 0 Å². The van der Waals surface area contributed by atoms with Gasteiger partial charge < -0.3 is 24.6 Å². The lowest BCUT2D eigenvalue weighted by Gasteiger charge is -2.33. The van der Waals surface area contributed by atoms with Gasteiger partial charge in [0.1, 0.15) is 6.07 Å². The molecule has 1 N–H and O–H groups in total. The highest BCUT2D eigenvalue weighted by molar-refractivity contribution is 7.97. The number of aromatic nitrogens is 1. The number of pyridine rings is 1. The van der Waals surface area contributed by atoms with E-state index in [2.05, 4.69) is 37.4 Å². The predicted octanol–water partition coefficient (Wildman–Crippen LogP) is 4.99. The number of halogens is 1. The van der Waals surface area contributed by atoms with Crippen molar-refractivity contribution in [3.8, 4) is 17.6 Å². The molecule has 2 aliphatic rings. The van der Waals surface area contributed by atoms with E-state index in [1.807, 2.05) is 30.3 Å². The summed E-state index contributed by atoms with van der Waals surface area (Å²) in [4.78, 5) is 10.4. The van der Waals surface area contributed by atoms with Crippen molar-refractivity contribution in [3.63, 3.8) is 0 Å². The quantitative estimate of drug-likeness (QED) is 0.231. The minimum Gasteiger partial charge on any atom is -0.493 e. The third kappa shape index (κ3) is 7.67. The second kappa shape index (κ2) is 14.7. The minimum atomic E-state index is -0.724. The van der Waals surface area contributed by atoms with Crippen molar-refractivity contribution in [2.24, 2.45) is 0 Å². The van der Waals surface area contributed by atoms with Crippen LogP contribution in [0.1, 0.15) is 18.9 Å². The van der Waals surface area contributed by atoms with E-state index < -0.39 is 10.8 Å². The summed E-state index contributed by atoms with van der Waals surface area (Å²) >= 11 is 8.24. The van der Waals surface area contributed by atoms with E-state index >= 15 is 0 Å². The predicted molar refractivity (Wildman–Crippen MR) is 172 cm³/mol. The lowest BCUT2D eigenvalue weighted by Crippen LogP contribution is -2.46. The summed E-state index contributed by atoms with van der Waals surface area (Å²) in [5.41, 5.74) is 2.50. The molecule has 1 aromatic heterocycles. The van der Waals surface area contributed by atoms with Gasteiger partial charge >= 0.3 is 0 Å². The minimum absolute atomic E-state index is 0.414. The average Bonchev–Trinajstić information content (AvgIpc) is 3.01. The molecule has 2 fully saturated rings. The van der Waals surface area contributed by atoms with Crippen molar-refractivity contribution in [2.45, 2.75) is 18.2 Å². The second-order valence-corrected chi connectivity index (χ2v) is 13.5. The van der Waals surface area contributed by atoms with Gasteiger partial charge in [-0.3, -0.25) is 9.19 Å². The Hall–Kier alpha value is -2.59. The Morgan fingerprint density at radius 1 is 1.10 bits per heavy atom. The first-order valence-corrected chi connectivity index (χ1v) is 16.9. The number of anilines is 2. The van der Waals surface area contributed by atoms with Crippen LogP contribution in [0.4, 0.5) is 11.4 Å². The monoisotopic (exact) mass is 628 g/mol. The summed E-state index contributed by atoms with van der Waals surface area (Å²) in [6.45, 7) is 10.9. The largest absolute Gasteiger partial charge is 0.493 e. The van der Waals surface area contributed by atoms with Gasteiger partial charge in [0.05, 0.1) is 35.5 Å². The maximum Gasteiger partial charge on any atom is 0.163 e. The van der Waals surface area contributed by atoms with Crippen LogP contribution in [0.15, 0.2) is 41.4 Å². The molecular formula is C30H37ClN6O3S2. The number of rotatable bonds is 11. The first kappa shape index (κ1) is 30.9. The van der Waals surface area contributed by atoms with Crippen LogP contribution < -0.4 is 14.8 Å². The van der Waals surface area contributed by atoms with E-state index in [1.165, 1.54) is 0 Å². The van der Waals surface area contributed by atoms with Crippen LogP contribution in [0.5, 0.6) is 11.5 Å². The molecule has 2 saturated heterocycles. The second-order valence-electron chi connectivity index (χ2n) is 10.3. The van der Waals surface area contributed by atoms with E-state index in [0.717, 1.165) is 74.7 Å². The summed E-state index contributed by atoms with van der Waals surface area (Å²) in [6.07, 6.45) is 2.50. The lowest BCUT2D eigenvalue weighted by molar-refractivity contribution is 0.130. The number of nitrogens with one attached hydrogen (secondary N) is 1. The number of benzene rings is 2. The smallest absolute Gasteiger partial charge is 0.163 e. The molecule has 2 aliphatic heterocycles. The number of hydrogen-bond donors (Lipinski definition) is 1. The van der Waals surface area contributed by atoms with Crippen LogP contribution in [0.3, 0.4) is 0 Å². The van der Waals surface area contributed by atoms with Crippen LogP contribution >= 0.6 is 23.5 Å². The Labute approximate surface area is 259 Å². The van der Waals surface area contributed by atoms with Gasteiger partial charge in [-0.2, -0.15) is 5.26 Å². The Morgan fingerprint density at radius 3 is 2.55 bits per heavy atom. The maximum atomic E-state index is 11.7. The van der Waals surface area contributed by atoms with Crippen LogP contribution in [-0.2, 0) is 10.8 Å². The van der Waals surface area contributed by atoms with Crippen molar-refractivity contribution >= 4 is 56.6 Å². The summed E-state index contributed by atoms with van der Waals surface area (Å²) in [5, 5.41) is 14.6. The van der Waals surface area contributed by atoms with Gasteiger partial charge in [-0.15, -0.1) is 0 Å². The average molecular weight is 629 g/mol. The summed E-state index contributed by atoms with van der Waals surface area (Å²) in [5.74, 6) is 2.59. The SMILES string of the molecule is CCN1CCN(CCCOc2cc3ncc(C#N)c(Nc4ccc(SN5CCS(=O)CC5)c(Cl)c4)c3cc2OC)CC1. The number of nitriles is 1. The van der Waals surface area contributed by atoms with Crippen LogP contribution in [0.2, 0.25) is 5.02 Å². The van der Waals surface area contributed by atoms with Gasteiger partial charge in [-0.25, -0.2) is 4.31 Å². The topological polar surface area (TPSA) is 94.0 Å². The maximum absolute atomic E-state index is 11.7. The van der Waals surface area contributed by atoms with E-state index in [1.54, 1.807) is 25.3 Å². The third-order valence-electron chi connectivity index (χ3n) is 7.63. The standard InChI is InChI=1S/C30H37ClN6O3S2/c1-3-35-8-10-36(11-9-35)7-4-14-40-28-19-26-24(18-27(28)39-2)30(22(20-32)21-33-26)34-23-5-6-29(25(31)17-23)41-37-12-15-42(38)16-13-37/h5-6,17-19,21H,3-4,7-16H2,1-2H3,(H,33,34). The zero-order valence-corrected chi connectivity index (χ0v) is 26.5. The molecule has 0 unspecified atom stereocenters. The fraction of sp³-hybridized carbons (Fsp3) is 0.467. The van der Waals surface area contributed by atoms with Crippen LogP contribution in [0, 0.1) is 11.3 Å². The fourth-order valence-electron chi connectivity index (χ4n) is 5.14. The molecule has 0 saturated carbocycles. The molecule has 3 aromatic rings. The van der Waals surface area contributed by atoms with Gasteiger partial charge in [0.25, 0.3) is 0 Å². The third-order valence-corrected chi connectivity index (χ3v) is 10.5. The van der Waals surface area contributed by atoms with Crippen molar-refractivity contribution in [2.75, 3.05) is 82.9 Å². The molecular weight excluding hydrogens is 592 g/mol. The molecule has 42 heavy (non-hydrogen) atoms. The number of piperazine rings is 1. The Morgan fingerprint density at radius 2 is 1.86 bits per heavy atom. The zero-order chi connectivity index (χ0) is 29.5. The van der Waals surface area contributed by atoms with Crippen molar-refractivity contribution in [1.29, 1.82) is 5.26 Å². The fourth-order valence-corrected chi connectivity index (χ4v) is 7.63. The van der Waals surface area contributed by atoms with Crippen molar-refractivity contribution < 1.29 is 13.7 Å². The molecule has 0 atom stereocenters. The molecule has 5 rings (SSSR count). The lowest BCUT2D eigenvalue weighted by atomic mass is 10.1. The Bertz CT molecular complexity index is 1450. The van der Waals surface area contributed by atoms with Gasteiger partial charge in [0, 0.05) is 96.4 Å². The normalized spacial score (nSPS) is 17.3. The highest BCUT2D eigenvalue weighted by Gasteiger charge is 2.19. The molecule has 0 aliphatic carbocycles. The number of fused-ring (bicyclic) bond motifs is 1. The number of methoxy groups -OCH3 is 1. The molecule has 0 amide bonds. The number of nitrogens with zero attached hydrogens (tertiary/aromatic N) is 5. The molecule has 224 valence electrons. The summed E-state index contributed by atoms with van der Waals surface area (Å²) < 4.78 is 25.7. The first-order chi connectivity index (χ1) is 20.5. The first-order valence-electron chi connectivity index (χ1n) is 14.3. The highest BCUT2D eigenvalue weighted by atomic mass is 35.5. The van der Waals surface area contributed by atoms with Gasteiger partial charge in [-0.05, 0) is 49.2 Å². The molecule has 3 heterocycles. The Balaban J connectivity index is 1.28. The van der Waals surface area contributed by atoms with E-state index in [4.69, 9.17) is 21.1 Å². The molecule has 0 bridgehead atoms. The van der Waals surface area contributed by atoms with E-state index in [0.29, 0.717) is 51.4 Å².